The number of carboxylic acids is 1. The Morgan fingerprint density at radius 2 is 1.39 bits per heavy atom. The number of carbonyl (C=O) groups excluding carboxylic acids is 2. The molecule has 3 N–H and O–H groups in total. The van der Waals surface area contributed by atoms with E-state index in [0.29, 0.717) is 11.4 Å². The number of rotatable bonds is 5. The fraction of sp³-hybridized carbons (Fsp3) is 0.118. The highest BCUT2D eigenvalue weighted by Crippen LogP contribution is 2.12. The van der Waals surface area contributed by atoms with E-state index in [1.165, 1.54) is 19.1 Å². The van der Waals surface area contributed by atoms with Crippen LogP contribution in [0.4, 0.5) is 11.4 Å². The molecule has 6 nitrogen and oxygen atoms in total. The van der Waals surface area contributed by atoms with Crippen LogP contribution in [0.2, 0.25) is 0 Å². The van der Waals surface area contributed by atoms with E-state index in [-0.39, 0.29) is 23.8 Å². The van der Waals surface area contributed by atoms with Crippen molar-refractivity contribution >= 4 is 29.2 Å². The minimum absolute atomic E-state index is 0.152. The van der Waals surface area contributed by atoms with E-state index in [4.69, 9.17) is 5.11 Å². The summed E-state index contributed by atoms with van der Waals surface area (Å²) in [5.41, 5.74) is 2.18. The highest BCUT2D eigenvalue weighted by atomic mass is 16.4. The van der Waals surface area contributed by atoms with Gasteiger partial charge in [-0.25, -0.2) is 4.79 Å². The molecule has 0 unspecified atom stereocenters. The summed E-state index contributed by atoms with van der Waals surface area (Å²) in [6, 6.07) is 12.9. The van der Waals surface area contributed by atoms with Gasteiger partial charge in [-0.15, -0.1) is 0 Å². The van der Waals surface area contributed by atoms with Gasteiger partial charge in [-0.1, -0.05) is 12.1 Å². The van der Waals surface area contributed by atoms with Gasteiger partial charge in [0.15, 0.2) is 0 Å². The van der Waals surface area contributed by atoms with Crippen molar-refractivity contribution in [2.45, 2.75) is 13.3 Å². The smallest absolute Gasteiger partial charge is 0.335 e. The Morgan fingerprint density at radius 3 is 1.91 bits per heavy atom. The summed E-state index contributed by atoms with van der Waals surface area (Å²) >= 11 is 0. The maximum absolute atomic E-state index is 12.0. The molecule has 0 spiro atoms. The first kappa shape index (κ1) is 16.2. The Hall–Kier alpha value is -3.15. The second kappa shape index (κ2) is 7.22. The average Bonchev–Trinajstić information content (AvgIpc) is 2.49. The van der Waals surface area contributed by atoms with E-state index < -0.39 is 5.97 Å². The lowest BCUT2D eigenvalue weighted by atomic mass is 10.1. The molecule has 2 rings (SSSR count). The number of hydrogen-bond donors (Lipinski definition) is 3. The van der Waals surface area contributed by atoms with Gasteiger partial charge in [0.2, 0.25) is 11.8 Å². The van der Waals surface area contributed by atoms with Crippen molar-refractivity contribution in [3.63, 3.8) is 0 Å². The molecule has 2 aromatic carbocycles. The summed E-state index contributed by atoms with van der Waals surface area (Å²) in [5, 5.41) is 14.2. The van der Waals surface area contributed by atoms with Crippen molar-refractivity contribution in [2.75, 3.05) is 10.6 Å². The summed E-state index contributed by atoms with van der Waals surface area (Å²) in [5.74, 6) is -1.37. The van der Waals surface area contributed by atoms with Crippen molar-refractivity contribution < 1.29 is 19.5 Å². The predicted molar refractivity (Wildman–Crippen MR) is 86.5 cm³/mol. The Bertz CT molecular complexity index is 721. The van der Waals surface area contributed by atoms with Crippen LogP contribution in [0.15, 0.2) is 48.5 Å². The molecular weight excluding hydrogens is 296 g/mol. The van der Waals surface area contributed by atoms with Gasteiger partial charge in [0.1, 0.15) is 0 Å². The molecular formula is C17H16N2O4. The first-order valence-electron chi connectivity index (χ1n) is 6.94. The van der Waals surface area contributed by atoms with Crippen LogP contribution in [-0.2, 0) is 16.0 Å². The van der Waals surface area contributed by atoms with Gasteiger partial charge < -0.3 is 15.7 Å². The van der Waals surface area contributed by atoms with Crippen LogP contribution in [0.25, 0.3) is 0 Å². The number of amides is 2. The average molecular weight is 312 g/mol. The van der Waals surface area contributed by atoms with Gasteiger partial charge in [0, 0.05) is 18.3 Å². The predicted octanol–water partition coefficient (Wildman–Crippen LogP) is 2.52. The maximum Gasteiger partial charge on any atom is 0.335 e. The highest BCUT2D eigenvalue weighted by Gasteiger charge is 2.06. The Kier molecular flexibility index (Phi) is 5.09. The molecule has 118 valence electrons. The van der Waals surface area contributed by atoms with Crippen LogP contribution in [0.5, 0.6) is 0 Å². The third-order valence-electron chi connectivity index (χ3n) is 3.05. The highest BCUT2D eigenvalue weighted by molar-refractivity contribution is 5.93. The SMILES string of the molecule is CC(=O)Nc1ccc(CC(=O)Nc2ccc(C(=O)O)cc2)cc1. The van der Waals surface area contributed by atoms with Gasteiger partial charge in [0.05, 0.1) is 12.0 Å². The number of hydrogen-bond acceptors (Lipinski definition) is 3. The van der Waals surface area contributed by atoms with E-state index in [2.05, 4.69) is 10.6 Å². The molecule has 0 bridgehead atoms. The molecule has 0 radical (unpaired) electrons. The third-order valence-corrected chi connectivity index (χ3v) is 3.05. The van der Waals surface area contributed by atoms with Crippen molar-refractivity contribution in [3.8, 4) is 0 Å². The lowest BCUT2D eigenvalue weighted by Crippen LogP contribution is -2.14. The number of carboxylic acid groups (broad SMARTS) is 1. The van der Waals surface area contributed by atoms with E-state index in [9.17, 15) is 14.4 Å². The molecule has 0 aliphatic carbocycles. The first-order chi connectivity index (χ1) is 10.9. The van der Waals surface area contributed by atoms with Gasteiger partial charge in [-0.3, -0.25) is 9.59 Å². The Labute approximate surface area is 133 Å². The van der Waals surface area contributed by atoms with Crippen LogP contribution < -0.4 is 10.6 Å². The second-order valence-corrected chi connectivity index (χ2v) is 4.99. The summed E-state index contributed by atoms with van der Waals surface area (Å²) in [4.78, 5) is 33.7. The maximum atomic E-state index is 12.0. The largest absolute Gasteiger partial charge is 0.478 e. The molecule has 0 fully saturated rings. The number of nitrogens with one attached hydrogen (secondary N) is 2. The molecule has 0 atom stereocenters. The summed E-state index contributed by atoms with van der Waals surface area (Å²) < 4.78 is 0. The summed E-state index contributed by atoms with van der Waals surface area (Å²) in [7, 11) is 0. The third kappa shape index (κ3) is 4.96. The Morgan fingerprint density at radius 1 is 0.870 bits per heavy atom. The molecule has 0 saturated heterocycles. The number of anilines is 2. The number of aromatic carboxylic acids is 1. The van der Waals surface area contributed by atoms with Gasteiger partial charge in [-0.05, 0) is 42.0 Å². The molecule has 0 aliphatic heterocycles. The standard InChI is InChI=1S/C17H16N2O4/c1-11(20)18-14-6-2-12(3-7-14)10-16(21)19-15-8-4-13(5-9-15)17(22)23/h2-9H,10H2,1H3,(H,18,20)(H,19,21)(H,22,23). The van der Waals surface area contributed by atoms with Gasteiger partial charge in [-0.2, -0.15) is 0 Å². The van der Waals surface area contributed by atoms with E-state index >= 15 is 0 Å². The monoisotopic (exact) mass is 312 g/mol. The molecule has 2 amide bonds. The quantitative estimate of drug-likeness (QED) is 0.790. The van der Waals surface area contributed by atoms with Crippen LogP contribution >= 0.6 is 0 Å². The normalized spacial score (nSPS) is 9.96. The fourth-order valence-electron chi connectivity index (χ4n) is 2.00. The molecule has 0 saturated carbocycles. The molecule has 0 heterocycles. The van der Waals surface area contributed by atoms with Crippen LogP contribution in [0.1, 0.15) is 22.8 Å². The summed E-state index contributed by atoms with van der Waals surface area (Å²) in [6.45, 7) is 1.43. The second-order valence-electron chi connectivity index (χ2n) is 4.99. The van der Waals surface area contributed by atoms with E-state index in [1.54, 1.807) is 36.4 Å². The van der Waals surface area contributed by atoms with Crippen molar-refractivity contribution in [3.05, 3.63) is 59.7 Å². The van der Waals surface area contributed by atoms with Gasteiger partial charge >= 0.3 is 5.97 Å². The van der Waals surface area contributed by atoms with Crippen molar-refractivity contribution in [1.82, 2.24) is 0 Å². The van der Waals surface area contributed by atoms with Gasteiger partial charge in [0.25, 0.3) is 0 Å². The molecule has 0 aliphatic rings. The summed E-state index contributed by atoms with van der Waals surface area (Å²) in [6.07, 6.45) is 0.182. The zero-order valence-corrected chi connectivity index (χ0v) is 12.5. The van der Waals surface area contributed by atoms with Crippen molar-refractivity contribution in [1.29, 1.82) is 0 Å². The van der Waals surface area contributed by atoms with Crippen LogP contribution in [0.3, 0.4) is 0 Å². The van der Waals surface area contributed by atoms with Crippen LogP contribution in [0, 0.1) is 0 Å². The lowest BCUT2D eigenvalue weighted by molar-refractivity contribution is -0.116. The number of benzene rings is 2. The fourth-order valence-corrected chi connectivity index (χ4v) is 2.00. The Balaban J connectivity index is 1.93. The molecule has 6 heteroatoms. The van der Waals surface area contributed by atoms with Crippen molar-refractivity contribution in [2.24, 2.45) is 0 Å². The van der Waals surface area contributed by atoms with E-state index in [0.717, 1.165) is 5.56 Å². The van der Waals surface area contributed by atoms with E-state index in [1.807, 2.05) is 0 Å². The zero-order chi connectivity index (χ0) is 16.8. The minimum atomic E-state index is -1.01. The topological polar surface area (TPSA) is 95.5 Å². The molecule has 23 heavy (non-hydrogen) atoms. The zero-order valence-electron chi connectivity index (χ0n) is 12.5. The minimum Gasteiger partial charge on any atom is -0.478 e. The molecule has 2 aromatic rings. The number of carbonyl (C=O) groups is 3. The van der Waals surface area contributed by atoms with Crippen LogP contribution in [-0.4, -0.2) is 22.9 Å². The first-order valence-corrected chi connectivity index (χ1v) is 6.94. The molecule has 0 aromatic heterocycles. The lowest BCUT2D eigenvalue weighted by Gasteiger charge is -2.07.